The predicted octanol–water partition coefficient (Wildman–Crippen LogP) is 6.75. The second-order valence-corrected chi connectivity index (χ2v) is 13.0. The second kappa shape index (κ2) is 15.7. The van der Waals surface area contributed by atoms with Crippen LogP contribution >= 0.6 is 23.2 Å². The summed E-state index contributed by atoms with van der Waals surface area (Å²) in [6, 6.07) is 30.1. The lowest BCUT2D eigenvalue weighted by Crippen LogP contribution is -2.53. The molecule has 0 aliphatic carbocycles. The number of carbonyl (C=O) groups is 2. The number of halogens is 2. The van der Waals surface area contributed by atoms with Gasteiger partial charge in [-0.15, -0.1) is 0 Å². The van der Waals surface area contributed by atoms with Crippen LogP contribution < -0.4 is 9.62 Å². The van der Waals surface area contributed by atoms with Crippen LogP contribution in [0.1, 0.15) is 30.9 Å². The maximum absolute atomic E-state index is 14.4. The van der Waals surface area contributed by atoms with Gasteiger partial charge >= 0.3 is 0 Å². The van der Waals surface area contributed by atoms with Crippen LogP contribution in [-0.2, 0) is 32.6 Å². The summed E-state index contributed by atoms with van der Waals surface area (Å²) in [5.41, 5.74) is 1.84. The number of benzene rings is 4. The topological polar surface area (TPSA) is 86.8 Å². The van der Waals surface area contributed by atoms with E-state index in [2.05, 4.69) is 5.32 Å². The molecule has 0 spiro atoms. The van der Waals surface area contributed by atoms with E-state index < -0.39 is 28.5 Å². The van der Waals surface area contributed by atoms with Crippen LogP contribution in [0.15, 0.2) is 114 Å². The Morgan fingerprint density at radius 1 is 0.795 bits per heavy atom. The molecule has 1 N–H and O–H groups in total. The van der Waals surface area contributed by atoms with Crippen molar-refractivity contribution in [3.05, 3.63) is 130 Å². The summed E-state index contributed by atoms with van der Waals surface area (Å²) < 4.78 is 29.0. The Bertz CT molecular complexity index is 1640. The van der Waals surface area contributed by atoms with Crippen molar-refractivity contribution in [3.8, 4) is 0 Å². The Morgan fingerprint density at radius 3 is 1.98 bits per heavy atom. The maximum atomic E-state index is 14.4. The van der Waals surface area contributed by atoms with Crippen LogP contribution in [0.5, 0.6) is 0 Å². The zero-order valence-corrected chi connectivity index (χ0v) is 26.7. The minimum atomic E-state index is -4.22. The Hall–Kier alpha value is -3.85. The van der Waals surface area contributed by atoms with E-state index in [0.29, 0.717) is 6.54 Å². The first-order chi connectivity index (χ1) is 21.2. The van der Waals surface area contributed by atoms with Crippen molar-refractivity contribution in [2.45, 2.75) is 43.7 Å². The molecule has 230 valence electrons. The van der Waals surface area contributed by atoms with Gasteiger partial charge in [-0.1, -0.05) is 115 Å². The fourth-order valence-electron chi connectivity index (χ4n) is 4.73. The second-order valence-electron chi connectivity index (χ2n) is 10.3. The van der Waals surface area contributed by atoms with Gasteiger partial charge in [0.15, 0.2) is 0 Å². The molecule has 0 aromatic heterocycles. The number of amides is 2. The van der Waals surface area contributed by atoms with Crippen molar-refractivity contribution in [2.24, 2.45) is 0 Å². The summed E-state index contributed by atoms with van der Waals surface area (Å²) in [5.74, 6) is -0.857. The Balaban J connectivity index is 1.78. The van der Waals surface area contributed by atoms with Gasteiger partial charge in [-0.2, -0.15) is 0 Å². The van der Waals surface area contributed by atoms with Gasteiger partial charge in [0.25, 0.3) is 10.0 Å². The van der Waals surface area contributed by atoms with Gasteiger partial charge in [0, 0.05) is 19.5 Å². The number of hydrogen-bond donors (Lipinski definition) is 1. The maximum Gasteiger partial charge on any atom is 0.264 e. The molecule has 0 aliphatic rings. The van der Waals surface area contributed by atoms with Gasteiger partial charge in [0.05, 0.1) is 20.6 Å². The summed E-state index contributed by atoms with van der Waals surface area (Å²) in [5, 5.41) is 3.37. The summed E-state index contributed by atoms with van der Waals surface area (Å²) in [6.45, 7) is 2.02. The van der Waals surface area contributed by atoms with E-state index in [-0.39, 0.29) is 39.5 Å². The Kier molecular flexibility index (Phi) is 11.8. The van der Waals surface area contributed by atoms with Gasteiger partial charge < -0.3 is 10.2 Å². The minimum absolute atomic E-state index is 0.00614. The van der Waals surface area contributed by atoms with E-state index in [1.807, 2.05) is 67.6 Å². The quantitative estimate of drug-likeness (QED) is 0.153. The zero-order chi connectivity index (χ0) is 31.5. The monoisotopic (exact) mass is 651 g/mol. The number of sulfonamides is 1. The third-order valence-corrected chi connectivity index (χ3v) is 9.62. The SMILES string of the molecule is CCCCNC(=O)[C@H](Cc1ccccc1)N(Cc1ccccc1)C(=O)CN(c1ccc(Cl)c(Cl)c1)S(=O)(=O)c1ccccc1. The predicted molar refractivity (Wildman–Crippen MR) is 176 cm³/mol. The lowest BCUT2D eigenvalue weighted by Gasteiger charge is -2.34. The molecule has 2 amide bonds. The van der Waals surface area contributed by atoms with Crippen LogP contribution in [0.3, 0.4) is 0 Å². The Labute approximate surface area is 269 Å². The first-order valence-electron chi connectivity index (χ1n) is 14.4. The lowest BCUT2D eigenvalue weighted by molar-refractivity contribution is -0.140. The molecule has 1 atom stereocenters. The molecule has 0 saturated carbocycles. The number of nitrogens with zero attached hydrogens (tertiary/aromatic N) is 2. The van der Waals surface area contributed by atoms with Crippen molar-refractivity contribution in [3.63, 3.8) is 0 Å². The molecule has 0 heterocycles. The zero-order valence-electron chi connectivity index (χ0n) is 24.4. The van der Waals surface area contributed by atoms with Gasteiger partial charge in [0.2, 0.25) is 11.8 Å². The average molecular weight is 653 g/mol. The van der Waals surface area contributed by atoms with Crippen molar-refractivity contribution >= 4 is 50.7 Å². The fraction of sp³-hybridized carbons (Fsp3) is 0.235. The average Bonchev–Trinajstić information content (AvgIpc) is 3.04. The largest absolute Gasteiger partial charge is 0.354 e. The smallest absolute Gasteiger partial charge is 0.264 e. The number of carbonyl (C=O) groups excluding carboxylic acids is 2. The van der Waals surface area contributed by atoms with Crippen molar-refractivity contribution in [1.29, 1.82) is 0 Å². The van der Waals surface area contributed by atoms with E-state index in [1.54, 1.807) is 18.2 Å². The van der Waals surface area contributed by atoms with E-state index in [4.69, 9.17) is 23.2 Å². The summed E-state index contributed by atoms with van der Waals surface area (Å²) >= 11 is 12.5. The highest BCUT2D eigenvalue weighted by atomic mass is 35.5. The molecule has 44 heavy (non-hydrogen) atoms. The fourth-order valence-corrected chi connectivity index (χ4v) is 6.45. The highest BCUT2D eigenvalue weighted by Crippen LogP contribution is 2.31. The molecule has 0 fully saturated rings. The van der Waals surface area contributed by atoms with Crippen LogP contribution in [-0.4, -0.2) is 44.3 Å². The first kappa shape index (κ1) is 33.1. The molecular formula is C34H35Cl2N3O4S. The molecule has 0 unspecified atom stereocenters. The van der Waals surface area contributed by atoms with E-state index in [9.17, 15) is 18.0 Å². The first-order valence-corrected chi connectivity index (χ1v) is 16.6. The highest BCUT2D eigenvalue weighted by Gasteiger charge is 2.34. The lowest BCUT2D eigenvalue weighted by atomic mass is 10.0. The molecule has 4 rings (SSSR count). The van der Waals surface area contributed by atoms with Gasteiger partial charge in [-0.05, 0) is 47.9 Å². The van der Waals surface area contributed by atoms with Crippen LogP contribution in [0, 0.1) is 0 Å². The molecule has 0 aliphatic heterocycles. The normalized spacial score (nSPS) is 11.9. The van der Waals surface area contributed by atoms with Gasteiger partial charge in [-0.3, -0.25) is 13.9 Å². The van der Waals surface area contributed by atoms with Crippen LogP contribution in [0.4, 0.5) is 5.69 Å². The molecule has 0 radical (unpaired) electrons. The summed E-state index contributed by atoms with van der Waals surface area (Å²) in [4.78, 5) is 29.6. The van der Waals surface area contributed by atoms with E-state index >= 15 is 0 Å². The van der Waals surface area contributed by atoms with Crippen molar-refractivity contribution in [2.75, 3.05) is 17.4 Å². The van der Waals surface area contributed by atoms with Crippen LogP contribution in [0.2, 0.25) is 10.0 Å². The van der Waals surface area contributed by atoms with Crippen molar-refractivity contribution in [1.82, 2.24) is 10.2 Å². The number of hydrogen-bond acceptors (Lipinski definition) is 4. The third-order valence-electron chi connectivity index (χ3n) is 7.10. The van der Waals surface area contributed by atoms with Crippen molar-refractivity contribution < 1.29 is 18.0 Å². The highest BCUT2D eigenvalue weighted by molar-refractivity contribution is 7.92. The van der Waals surface area contributed by atoms with Gasteiger partial charge in [0.1, 0.15) is 12.6 Å². The molecule has 0 bridgehead atoms. The molecule has 7 nitrogen and oxygen atoms in total. The molecule has 0 saturated heterocycles. The van der Waals surface area contributed by atoms with Gasteiger partial charge in [-0.25, -0.2) is 8.42 Å². The molecule has 10 heteroatoms. The summed E-state index contributed by atoms with van der Waals surface area (Å²) in [6.07, 6.45) is 1.93. The number of unbranched alkanes of at least 4 members (excludes halogenated alkanes) is 1. The molecule has 4 aromatic carbocycles. The number of rotatable bonds is 14. The molecular weight excluding hydrogens is 617 g/mol. The third kappa shape index (κ3) is 8.62. The Morgan fingerprint density at radius 2 is 1.39 bits per heavy atom. The van der Waals surface area contributed by atoms with E-state index in [1.165, 1.54) is 35.2 Å². The molecule has 4 aromatic rings. The van der Waals surface area contributed by atoms with Crippen LogP contribution in [0.25, 0.3) is 0 Å². The number of anilines is 1. The standard InChI is InChI=1S/C34H35Cl2N3O4S/c1-2-3-21-37-34(41)32(22-26-13-7-4-8-14-26)38(24-27-15-9-5-10-16-27)33(40)25-39(28-19-20-30(35)31(36)23-28)44(42,43)29-17-11-6-12-18-29/h4-20,23,32H,2-3,21-22,24-25H2,1H3,(H,37,41)/t32-/m0/s1. The minimum Gasteiger partial charge on any atom is -0.354 e. The van der Waals surface area contributed by atoms with E-state index in [0.717, 1.165) is 28.3 Å². The summed E-state index contributed by atoms with van der Waals surface area (Å²) in [7, 11) is -4.22. The number of nitrogens with one attached hydrogen (secondary N) is 1.